The minimum atomic E-state index is 0.778. The number of anilines is 1. The number of rotatable bonds is 6. The molecule has 0 heterocycles. The summed E-state index contributed by atoms with van der Waals surface area (Å²) in [7, 11) is 0. The fourth-order valence-electron chi connectivity index (χ4n) is 3.88. The highest BCUT2D eigenvalue weighted by molar-refractivity contribution is 6.25. The van der Waals surface area contributed by atoms with Gasteiger partial charge in [-0.3, -0.25) is 0 Å². The molecule has 0 aliphatic rings. The highest BCUT2D eigenvalue weighted by Gasteiger charge is 2.15. The van der Waals surface area contributed by atoms with Crippen molar-refractivity contribution < 1.29 is 0 Å². The van der Waals surface area contributed by atoms with Crippen LogP contribution in [0.2, 0.25) is 0 Å². The largest absolute Gasteiger partial charge is 0.364 e. The second kappa shape index (κ2) is 6.10. The van der Waals surface area contributed by atoms with Crippen LogP contribution in [0, 0.1) is 0 Å². The Hall–Kier alpha value is -3.06. The van der Waals surface area contributed by atoms with Gasteiger partial charge in [0.05, 0.1) is 0 Å². The monoisotopic (exact) mass is 323 g/mol. The summed E-state index contributed by atoms with van der Waals surface area (Å²) in [6, 6.07) is 17.6. The molecule has 4 aromatic rings. The molecule has 0 saturated heterocycles. The summed E-state index contributed by atoms with van der Waals surface area (Å²) in [5.41, 5.74) is 2.36. The normalized spacial score (nSPS) is 11.2. The van der Waals surface area contributed by atoms with E-state index in [1.807, 2.05) is 18.2 Å². The Morgan fingerprint density at radius 2 is 1.40 bits per heavy atom. The van der Waals surface area contributed by atoms with E-state index >= 15 is 0 Å². The first-order valence-corrected chi connectivity index (χ1v) is 8.58. The fraction of sp³-hybridized carbons (Fsp3) is 0.0833. The number of hydrogen-bond acceptors (Lipinski definition) is 1. The Bertz CT molecular complexity index is 1080. The van der Waals surface area contributed by atoms with E-state index in [0.29, 0.717) is 0 Å². The molecule has 0 unspecified atom stereocenters. The number of nitrogens with zero attached hydrogens (tertiary/aromatic N) is 1. The molecule has 0 aromatic heterocycles. The van der Waals surface area contributed by atoms with Crippen molar-refractivity contribution in [3.63, 3.8) is 0 Å². The molecule has 122 valence electrons. The molecule has 25 heavy (non-hydrogen) atoms. The van der Waals surface area contributed by atoms with Crippen molar-refractivity contribution in [2.24, 2.45) is 0 Å². The minimum absolute atomic E-state index is 0.778. The fourth-order valence-corrected chi connectivity index (χ4v) is 3.88. The molecular weight excluding hydrogens is 302 g/mol. The third-order valence-corrected chi connectivity index (χ3v) is 4.91. The highest BCUT2D eigenvalue weighted by atomic mass is 15.1. The summed E-state index contributed by atoms with van der Waals surface area (Å²) in [5.74, 6) is 0. The van der Waals surface area contributed by atoms with Gasteiger partial charge in [-0.15, -0.1) is 13.2 Å². The van der Waals surface area contributed by atoms with Crippen molar-refractivity contribution >= 4 is 44.1 Å². The zero-order valence-electron chi connectivity index (χ0n) is 14.3. The summed E-state index contributed by atoms with van der Waals surface area (Å²) >= 11 is 0. The molecule has 0 amide bonds. The number of hydrogen-bond donors (Lipinski definition) is 0. The summed E-state index contributed by atoms with van der Waals surface area (Å²) in [6.45, 7) is 13.5. The lowest BCUT2D eigenvalue weighted by atomic mass is 9.90. The summed E-state index contributed by atoms with van der Waals surface area (Å²) < 4.78 is 0. The molecule has 0 radical (unpaired) electrons. The average molecular weight is 323 g/mol. The van der Waals surface area contributed by atoms with E-state index in [2.05, 4.69) is 73.2 Å². The Morgan fingerprint density at radius 3 is 2.04 bits per heavy atom. The second-order valence-electron chi connectivity index (χ2n) is 6.35. The van der Waals surface area contributed by atoms with Crippen LogP contribution in [0.3, 0.4) is 0 Å². The predicted molar refractivity (Wildman–Crippen MR) is 113 cm³/mol. The van der Waals surface area contributed by atoms with E-state index in [4.69, 9.17) is 0 Å². The quantitative estimate of drug-likeness (QED) is 0.293. The molecule has 1 nitrogen and oxygen atoms in total. The third kappa shape index (κ3) is 2.32. The van der Waals surface area contributed by atoms with Crippen LogP contribution in [0.15, 0.2) is 80.4 Å². The van der Waals surface area contributed by atoms with Crippen LogP contribution in [0.4, 0.5) is 5.69 Å². The molecule has 0 atom stereocenters. The standard InChI is InChI=1S/C24H21N/c1-4-14-25(15-5-2)22-16-19-11-10-17-8-7-9-18-12-13-21(20(22)6-3)24(19)23(17)18/h4-13,16H,1-3,14-15H2. The van der Waals surface area contributed by atoms with Gasteiger partial charge in [0.2, 0.25) is 0 Å². The lowest BCUT2D eigenvalue weighted by Crippen LogP contribution is -2.24. The van der Waals surface area contributed by atoms with E-state index in [-0.39, 0.29) is 0 Å². The third-order valence-electron chi connectivity index (χ3n) is 4.91. The van der Waals surface area contributed by atoms with E-state index in [1.165, 1.54) is 43.6 Å². The van der Waals surface area contributed by atoms with Gasteiger partial charge in [0, 0.05) is 24.3 Å². The smallest absolute Gasteiger partial charge is 0.0457 e. The molecular formula is C24H21N. The van der Waals surface area contributed by atoms with Crippen LogP contribution in [-0.4, -0.2) is 13.1 Å². The van der Waals surface area contributed by atoms with E-state index < -0.39 is 0 Å². The topological polar surface area (TPSA) is 3.24 Å². The van der Waals surface area contributed by atoms with Gasteiger partial charge in [0.25, 0.3) is 0 Å². The molecule has 0 bridgehead atoms. The Kier molecular flexibility index (Phi) is 3.77. The molecule has 1 heteroatoms. The van der Waals surface area contributed by atoms with Crippen molar-refractivity contribution in [2.75, 3.05) is 18.0 Å². The van der Waals surface area contributed by atoms with Gasteiger partial charge in [-0.05, 0) is 38.4 Å². The SMILES string of the molecule is C=CCN(CC=C)c1cc2ccc3cccc4ccc(c1C=C)c2c34. The van der Waals surface area contributed by atoms with E-state index in [9.17, 15) is 0 Å². The zero-order chi connectivity index (χ0) is 17.4. The van der Waals surface area contributed by atoms with Gasteiger partial charge in [-0.25, -0.2) is 0 Å². The van der Waals surface area contributed by atoms with Gasteiger partial charge in [0.15, 0.2) is 0 Å². The van der Waals surface area contributed by atoms with Gasteiger partial charge < -0.3 is 4.90 Å². The second-order valence-corrected chi connectivity index (χ2v) is 6.35. The maximum absolute atomic E-state index is 4.10. The molecule has 4 rings (SSSR count). The molecule has 0 N–H and O–H groups in total. The first-order valence-electron chi connectivity index (χ1n) is 8.58. The maximum Gasteiger partial charge on any atom is 0.0457 e. The first-order chi connectivity index (χ1) is 12.3. The highest BCUT2D eigenvalue weighted by Crippen LogP contribution is 2.40. The zero-order valence-corrected chi connectivity index (χ0v) is 14.3. The van der Waals surface area contributed by atoms with Crippen LogP contribution >= 0.6 is 0 Å². The van der Waals surface area contributed by atoms with Crippen molar-refractivity contribution in [1.29, 1.82) is 0 Å². The van der Waals surface area contributed by atoms with Crippen molar-refractivity contribution in [3.05, 3.63) is 86.0 Å². The average Bonchev–Trinajstić information content (AvgIpc) is 2.65. The van der Waals surface area contributed by atoms with Crippen LogP contribution in [0.25, 0.3) is 38.4 Å². The maximum atomic E-state index is 4.10. The predicted octanol–water partition coefficient (Wildman–Crippen LogP) is 6.41. The van der Waals surface area contributed by atoms with Crippen LogP contribution in [0.5, 0.6) is 0 Å². The molecule has 0 saturated carbocycles. The van der Waals surface area contributed by atoms with E-state index in [1.54, 1.807) is 0 Å². The van der Waals surface area contributed by atoms with E-state index in [0.717, 1.165) is 13.1 Å². The van der Waals surface area contributed by atoms with Crippen molar-refractivity contribution in [1.82, 2.24) is 0 Å². The molecule has 0 aliphatic carbocycles. The Balaban J connectivity index is 2.13. The van der Waals surface area contributed by atoms with Crippen molar-refractivity contribution in [3.8, 4) is 0 Å². The lowest BCUT2D eigenvalue weighted by molar-refractivity contribution is 0.957. The molecule has 0 fully saturated rings. The first kappa shape index (κ1) is 15.5. The van der Waals surface area contributed by atoms with Crippen LogP contribution < -0.4 is 4.90 Å². The van der Waals surface area contributed by atoms with Crippen LogP contribution in [0.1, 0.15) is 5.56 Å². The number of benzene rings is 4. The molecule has 0 spiro atoms. The summed E-state index contributed by atoms with van der Waals surface area (Å²) in [6.07, 6.45) is 5.83. The molecule has 0 aliphatic heterocycles. The lowest BCUT2D eigenvalue weighted by Gasteiger charge is -2.26. The Morgan fingerprint density at radius 1 is 0.760 bits per heavy atom. The van der Waals surface area contributed by atoms with Crippen LogP contribution in [-0.2, 0) is 0 Å². The molecule has 4 aromatic carbocycles. The minimum Gasteiger partial charge on any atom is -0.364 e. The summed E-state index contributed by atoms with van der Waals surface area (Å²) in [4.78, 5) is 2.28. The van der Waals surface area contributed by atoms with Gasteiger partial charge >= 0.3 is 0 Å². The van der Waals surface area contributed by atoms with Gasteiger partial charge in [-0.1, -0.05) is 67.3 Å². The Labute approximate surface area is 148 Å². The van der Waals surface area contributed by atoms with Gasteiger partial charge in [-0.2, -0.15) is 0 Å². The summed E-state index contributed by atoms with van der Waals surface area (Å²) in [5, 5.41) is 7.75. The van der Waals surface area contributed by atoms with Gasteiger partial charge in [0.1, 0.15) is 0 Å². The van der Waals surface area contributed by atoms with Crippen molar-refractivity contribution in [2.45, 2.75) is 0 Å².